The summed E-state index contributed by atoms with van der Waals surface area (Å²) in [5, 5.41) is 20.8. The van der Waals surface area contributed by atoms with Crippen LogP contribution in [0.2, 0.25) is 0 Å². The molecule has 1 heterocycles. The van der Waals surface area contributed by atoms with Gasteiger partial charge in [0, 0.05) is 32.6 Å². The smallest absolute Gasteiger partial charge is 0.329 e. The molecule has 1 aliphatic heterocycles. The number of rotatable bonds is 6. The van der Waals surface area contributed by atoms with Gasteiger partial charge in [0.05, 0.1) is 5.60 Å². The number of aliphatic carboxylic acids is 1. The van der Waals surface area contributed by atoms with Crippen molar-refractivity contribution in [2.45, 2.75) is 18.4 Å². The maximum atomic E-state index is 11.2. The van der Waals surface area contributed by atoms with Crippen molar-refractivity contribution in [3.8, 4) is 0 Å². The summed E-state index contributed by atoms with van der Waals surface area (Å²) in [4.78, 5) is 21.4. The third-order valence-corrected chi connectivity index (χ3v) is 2.50. The highest BCUT2D eigenvalue weighted by atomic mass is 16.5. The molecule has 0 aliphatic carbocycles. The number of amides is 1. The monoisotopic (exact) mass is 247 g/mol. The SMILES string of the molecule is O=C(O)COCC(=O)NCC1(O)CCOCC1. The van der Waals surface area contributed by atoms with E-state index in [0.717, 1.165) is 0 Å². The fraction of sp³-hybridized carbons (Fsp3) is 0.800. The number of carboxylic acids is 1. The van der Waals surface area contributed by atoms with Crippen molar-refractivity contribution in [2.24, 2.45) is 0 Å². The molecule has 0 saturated carbocycles. The minimum Gasteiger partial charge on any atom is -0.480 e. The summed E-state index contributed by atoms with van der Waals surface area (Å²) in [6.45, 7) is 0.250. The molecule has 98 valence electrons. The number of ether oxygens (including phenoxy) is 2. The number of nitrogens with one attached hydrogen (secondary N) is 1. The fourth-order valence-electron chi connectivity index (χ4n) is 1.47. The van der Waals surface area contributed by atoms with Crippen LogP contribution in [0.3, 0.4) is 0 Å². The van der Waals surface area contributed by atoms with Gasteiger partial charge in [-0.3, -0.25) is 4.79 Å². The van der Waals surface area contributed by atoms with E-state index >= 15 is 0 Å². The third-order valence-electron chi connectivity index (χ3n) is 2.50. The minimum atomic E-state index is -1.12. The molecule has 0 aromatic heterocycles. The normalized spacial score (nSPS) is 18.6. The van der Waals surface area contributed by atoms with E-state index < -0.39 is 24.1 Å². The van der Waals surface area contributed by atoms with Crippen LogP contribution in [0.5, 0.6) is 0 Å². The first kappa shape index (κ1) is 13.9. The largest absolute Gasteiger partial charge is 0.480 e. The van der Waals surface area contributed by atoms with Gasteiger partial charge < -0.3 is 25.0 Å². The van der Waals surface area contributed by atoms with Crippen LogP contribution in [0, 0.1) is 0 Å². The van der Waals surface area contributed by atoms with Crippen LogP contribution in [-0.2, 0) is 19.1 Å². The number of aliphatic hydroxyl groups is 1. The summed E-state index contributed by atoms with van der Waals surface area (Å²) in [6, 6.07) is 0. The number of carbonyl (C=O) groups excluding carboxylic acids is 1. The molecule has 0 bridgehead atoms. The second-order valence-electron chi connectivity index (χ2n) is 4.00. The highest BCUT2D eigenvalue weighted by Crippen LogP contribution is 2.18. The highest BCUT2D eigenvalue weighted by molar-refractivity contribution is 5.77. The Morgan fingerprint density at radius 2 is 1.94 bits per heavy atom. The summed E-state index contributed by atoms with van der Waals surface area (Å²) < 4.78 is 9.71. The summed E-state index contributed by atoms with van der Waals surface area (Å²) >= 11 is 0. The maximum Gasteiger partial charge on any atom is 0.329 e. The fourth-order valence-corrected chi connectivity index (χ4v) is 1.47. The van der Waals surface area contributed by atoms with Gasteiger partial charge in [-0.05, 0) is 0 Å². The molecule has 17 heavy (non-hydrogen) atoms. The van der Waals surface area contributed by atoms with Crippen LogP contribution >= 0.6 is 0 Å². The van der Waals surface area contributed by atoms with E-state index in [1.165, 1.54) is 0 Å². The second kappa shape index (κ2) is 6.53. The molecular weight excluding hydrogens is 230 g/mol. The Bertz CT molecular complexity index is 274. The van der Waals surface area contributed by atoms with Crippen molar-refractivity contribution in [1.29, 1.82) is 0 Å². The number of carboxylic acid groups (broad SMARTS) is 1. The van der Waals surface area contributed by atoms with Crippen LogP contribution in [-0.4, -0.2) is 60.7 Å². The van der Waals surface area contributed by atoms with Crippen molar-refractivity contribution >= 4 is 11.9 Å². The second-order valence-corrected chi connectivity index (χ2v) is 4.00. The van der Waals surface area contributed by atoms with E-state index in [0.29, 0.717) is 26.1 Å². The van der Waals surface area contributed by atoms with E-state index in [-0.39, 0.29) is 13.2 Å². The molecule has 7 nitrogen and oxygen atoms in total. The molecule has 0 aromatic rings. The number of hydrogen-bond donors (Lipinski definition) is 3. The van der Waals surface area contributed by atoms with Crippen LogP contribution in [0.1, 0.15) is 12.8 Å². The maximum absolute atomic E-state index is 11.2. The molecule has 0 atom stereocenters. The zero-order valence-electron chi connectivity index (χ0n) is 9.48. The molecule has 0 radical (unpaired) electrons. The average Bonchev–Trinajstić information content (AvgIpc) is 2.27. The van der Waals surface area contributed by atoms with E-state index in [4.69, 9.17) is 9.84 Å². The summed E-state index contributed by atoms with van der Waals surface area (Å²) in [5.41, 5.74) is -0.930. The zero-order chi connectivity index (χ0) is 12.7. The Kier molecular flexibility index (Phi) is 5.33. The predicted octanol–water partition coefficient (Wildman–Crippen LogP) is -1.25. The number of carbonyl (C=O) groups is 2. The summed E-state index contributed by atoms with van der Waals surface area (Å²) in [5.74, 6) is -1.56. The van der Waals surface area contributed by atoms with Gasteiger partial charge in [0.25, 0.3) is 0 Å². The quantitative estimate of drug-likeness (QED) is 0.541. The molecule has 1 fully saturated rings. The Hall–Kier alpha value is -1.18. The Morgan fingerprint density at radius 1 is 1.29 bits per heavy atom. The lowest BCUT2D eigenvalue weighted by Crippen LogP contribution is -2.47. The van der Waals surface area contributed by atoms with Crippen molar-refractivity contribution < 1.29 is 29.3 Å². The van der Waals surface area contributed by atoms with E-state index in [1.54, 1.807) is 0 Å². The first-order valence-electron chi connectivity index (χ1n) is 5.38. The van der Waals surface area contributed by atoms with E-state index in [9.17, 15) is 14.7 Å². The molecule has 7 heteroatoms. The minimum absolute atomic E-state index is 0.131. The lowest BCUT2D eigenvalue weighted by Gasteiger charge is -2.32. The number of hydrogen-bond acceptors (Lipinski definition) is 5. The molecule has 1 rings (SSSR count). The van der Waals surface area contributed by atoms with Crippen molar-refractivity contribution in [2.75, 3.05) is 33.0 Å². The van der Waals surface area contributed by atoms with Gasteiger partial charge in [0.1, 0.15) is 13.2 Å². The molecule has 1 amide bonds. The molecule has 3 N–H and O–H groups in total. The van der Waals surface area contributed by atoms with Crippen LogP contribution in [0.25, 0.3) is 0 Å². The molecule has 1 aliphatic rings. The van der Waals surface area contributed by atoms with E-state index in [2.05, 4.69) is 10.1 Å². The lowest BCUT2D eigenvalue weighted by molar-refractivity contribution is -0.144. The Morgan fingerprint density at radius 3 is 2.53 bits per heavy atom. The van der Waals surface area contributed by atoms with E-state index in [1.807, 2.05) is 0 Å². The highest BCUT2D eigenvalue weighted by Gasteiger charge is 2.29. The Balaban J connectivity index is 2.16. The van der Waals surface area contributed by atoms with Crippen molar-refractivity contribution in [3.05, 3.63) is 0 Å². The predicted molar refractivity (Wildman–Crippen MR) is 56.5 cm³/mol. The van der Waals surface area contributed by atoms with Crippen LogP contribution in [0.4, 0.5) is 0 Å². The van der Waals surface area contributed by atoms with Crippen molar-refractivity contribution in [3.63, 3.8) is 0 Å². The lowest BCUT2D eigenvalue weighted by atomic mass is 9.94. The first-order valence-corrected chi connectivity index (χ1v) is 5.38. The van der Waals surface area contributed by atoms with Gasteiger partial charge in [0.2, 0.25) is 5.91 Å². The van der Waals surface area contributed by atoms with Crippen molar-refractivity contribution in [1.82, 2.24) is 5.32 Å². The Labute approximate surface area is 98.7 Å². The summed E-state index contributed by atoms with van der Waals surface area (Å²) in [7, 11) is 0. The zero-order valence-corrected chi connectivity index (χ0v) is 9.48. The van der Waals surface area contributed by atoms with Gasteiger partial charge in [-0.15, -0.1) is 0 Å². The average molecular weight is 247 g/mol. The van der Waals surface area contributed by atoms with Gasteiger partial charge >= 0.3 is 5.97 Å². The van der Waals surface area contributed by atoms with Gasteiger partial charge in [-0.1, -0.05) is 0 Å². The molecule has 0 unspecified atom stereocenters. The first-order chi connectivity index (χ1) is 8.02. The topological polar surface area (TPSA) is 105 Å². The molecule has 1 saturated heterocycles. The molecule has 0 spiro atoms. The molecular formula is C10H17NO6. The van der Waals surface area contributed by atoms with Gasteiger partial charge in [-0.25, -0.2) is 4.79 Å². The third kappa shape index (κ3) is 5.62. The van der Waals surface area contributed by atoms with Gasteiger partial charge in [-0.2, -0.15) is 0 Å². The van der Waals surface area contributed by atoms with Crippen LogP contribution in [0.15, 0.2) is 0 Å². The standard InChI is InChI=1S/C10H17NO6/c12-8(5-17-6-9(13)14)11-7-10(15)1-3-16-4-2-10/h15H,1-7H2,(H,11,12)(H,13,14). The molecule has 0 aromatic carbocycles. The summed E-state index contributed by atoms with van der Waals surface area (Å²) in [6.07, 6.45) is 0.951. The van der Waals surface area contributed by atoms with Gasteiger partial charge in [0.15, 0.2) is 0 Å². The van der Waals surface area contributed by atoms with Crippen LogP contribution < -0.4 is 5.32 Å².